The van der Waals surface area contributed by atoms with Gasteiger partial charge >= 0.3 is 0 Å². The fourth-order valence-corrected chi connectivity index (χ4v) is 5.50. The van der Waals surface area contributed by atoms with Crippen LogP contribution in [0.15, 0.2) is 29.6 Å². The first-order valence-electron chi connectivity index (χ1n) is 11.1. The van der Waals surface area contributed by atoms with Crippen LogP contribution in [0, 0.1) is 11.7 Å². The van der Waals surface area contributed by atoms with Gasteiger partial charge in [-0.15, -0.1) is 0 Å². The third-order valence-corrected chi connectivity index (χ3v) is 7.93. The molecule has 4 heterocycles. The number of sulfonamides is 1. The molecule has 0 bridgehead atoms. The van der Waals surface area contributed by atoms with Crippen molar-refractivity contribution in [1.82, 2.24) is 23.8 Å². The summed E-state index contributed by atoms with van der Waals surface area (Å²) in [6, 6.07) is 3.20. The lowest BCUT2D eigenvalue weighted by atomic mass is 9.96. The van der Waals surface area contributed by atoms with E-state index in [1.807, 2.05) is 4.57 Å². The highest BCUT2D eigenvalue weighted by Gasteiger charge is 2.31. The molecule has 35 heavy (non-hydrogen) atoms. The number of imidazole rings is 1. The summed E-state index contributed by atoms with van der Waals surface area (Å²) in [7, 11) is -3.37. The highest BCUT2D eigenvalue weighted by atomic mass is 35.5. The Labute approximate surface area is 206 Å². The van der Waals surface area contributed by atoms with Gasteiger partial charge in [0, 0.05) is 37.4 Å². The van der Waals surface area contributed by atoms with Gasteiger partial charge in [-0.2, -0.15) is 4.31 Å². The second-order valence-corrected chi connectivity index (χ2v) is 11.2. The number of benzene rings is 1. The van der Waals surface area contributed by atoms with Crippen molar-refractivity contribution in [3.05, 3.63) is 35.5 Å². The van der Waals surface area contributed by atoms with Crippen LogP contribution in [-0.2, 0) is 14.8 Å². The second-order valence-electron chi connectivity index (χ2n) is 8.78. The largest absolute Gasteiger partial charge is 0.391 e. The lowest BCUT2D eigenvalue weighted by Gasteiger charge is -2.32. The van der Waals surface area contributed by atoms with E-state index in [9.17, 15) is 17.9 Å². The number of aliphatic hydroxyl groups excluding tert-OH is 1. The molecule has 2 aliphatic heterocycles. The van der Waals surface area contributed by atoms with Crippen molar-refractivity contribution >= 4 is 44.8 Å². The fraction of sp³-hybridized carbons (Fsp3) is 0.455. The standard InChI is InChI=1S/C22H24ClFN6O4S/c1-35(32,33)29-4-2-13(19(31)10-29)8-25-22-26-9-16(23)20(28-22)14-6-17(24)21-18(7-14)30(12-27-21)15-3-5-34-11-15/h6-9,12-13,15,19,31H,2-5,10-11H2,1H3/b25-8+/t13-,15?,19+/m0/s1. The number of fused-ring (bicyclic) bond motifs is 1. The van der Waals surface area contributed by atoms with Crippen LogP contribution in [0.2, 0.25) is 5.02 Å². The average Bonchev–Trinajstić information content (AvgIpc) is 3.48. The van der Waals surface area contributed by atoms with Gasteiger partial charge in [0.15, 0.2) is 5.82 Å². The van der Waals surface area contributed by atoms with E-state index in [0.717, 1.165) is 12.7 Å². The molecule has 5 rings (SSSR count). The molecule has 2 fully saturated rings. The number of halogens is 2. The molecule has 0 aliphatic carbocycles. The van der Waals surface area contributed by atoms with Crippen LogP contribution in [0.4, 0.5) is 10.3 Å². The molecule has 2 aliphatic rings. The average molecular weight is 523 g/mol. The summed E-state index contributed by atoms with van der Waals surface area (Å²) in [6.45, 7) is 1.48. The smallest absolute Gasteiger partial charge is 0.249 e. The van der Waals surface area contributed by atoms with Crippen LogP contribution in [0.3, 0.4) is 0 Å². The maximum Gasteiger partial charge on any atom is 0.249 e. The number of aromatic nitrogens is 4. The van der Waals surface area contributed by atoms with Crippen molar-refractivity contribution in [3.8, 4) is 11.3 Å². The third-order valence-electron chi connectivity index (χ3n) is 6.38. The summed E-state index contributed by atoms with van der Waals surface area (Å²) in [4.78, 5) is 17.1. The lowest BCUT2D eigenvalue weighted by molar-refractivity contribution is 0.0829. The van der Waals surface area contributed by atoms with Gasteiger partial charge in [-0.3, -0.25) is 0 Å². The first kappa shape index (κ1) is 24.2. The molecule has 0 amide bonds. The van der Waals surface area contributed by atoms with E-state index in [2.05, 4.69) is 19.9 Å². The second kappa shape index (κ2) is 9.51. The summed E-state index contributed by atoms with van der Waals surface area (Å²) in [5.74, 6) is -0.747. The highest BCUT2D eigenvalue weighted by Crippen LogP contribution is 2.33. The Kier molecular flexibility index (Phi) is 6.57. The molecule has 2 saturated heterocycles. The maximum absolute atomic E-state index is 14.9. The first-order valence-corrected chi connectivity index (χ1v) is 13.4. The lowest BCUT2D eigenvalue weighted by Crippen LogP contribution is -2.46. The predicted molar refractivity (Wildman–Crippen MR) is 129 cm³/mol. The van der Waals surface area contributed by atoms with Crippen molar-refractivity contribution < 1.29 is 22.7 Å². The number of hydrogen-bond donors (Lipinski definition) is 1. The van der Waals surface area contributed by atoms with Crippen LogP contribution in [0.5, 0.6) is 0 Å². The third kappa shape index (κ3) is 4.94. The predicted octanol–water partition coefficient (Wildman–Crippen LogP) is 2.59. The van der Waals surface area contributed by atoms with Crippen LogP contribution < -0.4 is 0 Å². The first-order chi connectivity index (χ1) is 16.7. The molecule has 0 radical (unpaired) electrons. The van der Waals surface area contributed by atoms with E-state index in [4.69, 9.17) is 16.3 Å². The zero-order chi connectivity index (χ0) is 24.7. The normalized spacial score (nSPS) is 24.1. The topological polar surface area (TPSA) is 123 Å². The number of β-amino-alcohol motifs (C(OH)–C–C–N with tert-alkyl or cyclic N) is 1. The molecule has 1 unspecified atom stereocenters. The minimum atomic E-state index is -3.37. The molecule has 2 aromatic heterocycles. The minimum absolute atomic E-state index is 0.00124. The Bertz CT molecular complexity index is 1390. The van der Waals surface area contributed by atoms with Crippen molar-refractivity contribution in [2.75, 3.05) is 32.6 Å². The van der Waals surface area contributed by atoms with Crippen molar-refractivity contribution in [2.45, 2.75) is 25.0 Å². The number of aliphatic hydroxyl groups is 1. The van der Waals surface area contributed by atoms with Gasteiger partial charge in [0.1, 0.15) is 5.52 Å². The molecule has 0 spiro atoms. The number of rotatable bonds is 5. The SMILES string of the molecule is CS(=O)(=O)N1CC[C@@H](/C=N/c2ncc(Cl)c(-c3cc(F)c4ncn(C5CCOC5)c4c3)n2)[C@H](O)C1. The van der Waals surface area contributed by atoms with Crippen molar-refractivity contribution in [3.63, 3.8) is 0 Å². The Morgan fingerprint density at radius 2 is 2.14 bits per heavy atom. The molecule has 3 aromatic rings. The van der Waals surface area contributed by atoms with Crippen molar-refractivity contribution in [1.29, 1.82) is 0 Å². The molecule has 13 heteroatoms. The number of nitrogens with zero attached hydrogens (tertiary/aromatic N) is 6. The van der Waals surface area contributed by atoms with Gasteiger partial charge in [0.25, 0.3) is 0 Å². The molecule has 1 aromatic carbocycles. The molecular weight excluding hydrogens is 499 g/mol. The van der Waals surface area contributed by atoms with Gasteiger partial charge in [0.2, 0.25) is 16.0 Å². The monoisotopic (exact) mass is 522 g/mol. The summed E-state index contributed by atoms with van der Waals surface area (Å²) in [5.41, 5.74) is 1.66. The number of piperidine rings is 1. The molecule has 186 valence electrons. The van der Waals surface area contributed by atoms with Crippen molar-refractivity contribution in [2.24, 2.45) is 10.9 Å². The highest BCUT2D eigenvalue weighted by molar-refractivity contribution is 7.88. The van der Waals surface area contributed by atoms with Crippen LogP contribution >= 0.6 is 11.6 Å². The molecule has 1 N–H and O–H groups in total. The summed E-state index contributed by atoms with van der Waals surface area (Å²) in [6.07, 6.45) is 5.99. The van der Waals surface area contributed by atoms with Gasteiger partial charge in [-0.05, 0) is 25.0 Å². The minimum Gasteiger partial charge on any atom is -0.391 e. The summed E-state index contributed by atoms with van der Waals surface area (Å²) in [5, 5.41) is 10.6. The van der Waals surface area contributed by atoms with E-state index in [0.29, 0.717) is 36.4 Å². The van der Waals surface area contributed by atoms with Gasteiger partial charge < -0.3 is 14.4 Å². The van der Waals surface area contributed by atoms with Crippen LogP contribution in [0.1, 0.15) is 18.9 Å². The van der Waals surface area contributed by atoms with Gasteiger partial charge in [0.05, 0.1) is 53.8 Å². The zero-order valence-corrected chi connectivity index (χ0v) is 20.5. The number of aliphatic imine (C=N–C) groups is 1. The molecule has 3 atom stereocenters. The van der Waals surface area contributed by atoms with Gasteiger partial charge in [-0.1, -0.05) is 11.6 Å². The number of hydrogen-bond acceptors (Lipinski definition) is 8. The van der Waals surface area contributed by atoms with Gasteiger partial charge in [-0.25, -0.2) is 32.8 Å². The Balaban J connectivity index is 1.42. The summed E-state index contributed by atoms with van der Waals surface area (Å²) >= 11 is 6.36. The Hall–Kier alpha value is -2.51. The van der Waals surface area contributed by atoms with E-state index in [1.165, 1.54) is 22.8 Å². The molecule has 10 nitrogen and oxygen atoms in total. The zero-order valence-electron chi connectivity index (χ0n) is 18.9. The molecular formula is C22H24ClFN6O4S. The number of ether oxygens (including phenoxy) is 1. The van der Waals surface area contributed by atoms with Crippen LogP contribution in [0.25, 0.3) is 22.3 Å². The van der Waals surface area contributed by atoms with E-state index >= 15 is 0 Å². The van der Waals surface area contributed by atoms with E-state index in [1.54, 1.807) is 12.4 Å². The summed E-state index contributed by atoms with van der Waals surface area (Å²) < 4.78 is 47.0. The Morgan fingerprint density at radius 1 is 1.31 bits per heavy atom. The molecule has 0 saturated carbocycles. The fourth-order valence-electron chi connectivity index (χ4n) is 4.44. The Morgan fingerprint density at radius 3 is 2.86 bits per heavy atom. The van der Waals surface area contributed by atoms with Crippen LogP contribution in [-0.4, -0.2) is 82.2 Å². The van der Waals surface area contributed by atoms with E-state index < -0.39 is 21.9 Å². The van der Waals surface area contributed by atoms with E-state index in [-0.39, 0.29) is 41.5 Å². The quantitative estimate of drug-likeness (QED) is 0.511. The maximum atomic E-state index is 14.9.